The Labute approximate surface area is 147 Å². The van der Waals surface area contributed by atoms with Gasteiger partial charge in [-0.05, 0) is 50.0 Å². The number of hydrogen-bond donors (Lipinski definition) is 1. The highest BCUT2D eigenvalue weighted by molar-refractivity contribution is 6.32. The molecule has 1 N–H and O–H groups in total. The van der Waals surface area contributed by atoms with Gasteiger partial charge in [0.15, 0.2) is 5.15 Å². The first-order chi connectivity index (χ1) is 11.7. The number of rotatable bonds is 4. The zero-order valence-corrected chi connectivity index (χ0v) is 14.4. The Hall–Kier alpha value is -1.91. The van der Waals surface area contributed by atoms with Crippen molar-refractivity contribution in [3.63, 3.8) is 0 Å². The van der Waals surface area contributed by atoms with Crippen LogP contribution in [0.25, 0.3) is 0 Å². The van der Waals surface area contributed by atoms with Gasteiger partial charge in [-0.25, -0.2) is 4.98 Å². The molecule has 0 bridgehead atoms. The monoisotopic (exact) mass is 343 g/mol. The van der Waals surface area contributed by atoms with Crippen molar-refractivity contribution in [1.82, 2.24) is 9.88 Å². The Morgan fingerprint density at radius 3 is 2.79 bits per heavy atom. The van der Waals surface area contributed by atoms with E-state index in [-0.39, 0.29) is 11.8 Å². The van der Waals surface area contributed by atoms with Gasteiger partial charge in [0, 0.05) is 18.7 Å². The van der Waals surface area contributed by atoms with Crippen LogP contribution in [0.1, 0.15) is 24.8 Å². The number of carbonyl (C=O) groups is 1. The molecule has 0 radical (unpaired) electrons. The molecular weight excluding hydrogens is 322 g/mol. The predicted octanol–water partition coefficient (Wildman–Crippen LogP) is 3.98. The van der Waals surface area contributed by atoms with Crippen molar-refractivity contribution >= 4 is 23.2 Å². The molecule has 3 rings (SSSR count). The second-order valence-electron chi connectivity index (χ2n) is 6.22. The van der Waals surface area contributed by atoms with Crippen LogP contribution in [0.4, 0.5) is 5.69 Å². The summed E-state index contributed by atoms with van der Waals surface area (Å²) in [5.74, 6) is 0.0773. The first-order valence-corrected chi connectivity index (χ1v) is 8.78. The molecular formula is C19H22ClN3O. The second-order valence-corrected chi connectivity index (χ2v) is 6.58. The number of benzene rings is 1. The van der Waals surface area contributed by atoms with Crippen LogP contribution in [0.2, 0.25) is 5.15 Å². The highest BCUT2D eigenvalue weighted by atomic mass is 35.5. The van der Waals surface area contributed by atoms with Gasteiger partial charge >= 0.3 is 0 Å². The minimum Gasteiger partial charge on any atom is -0.323 e. The van der Waals surface area contributed by atoms with Crippen LogP contribution >= 0.6 is 11.6 Å². The molecule has 0 aliphatic carbocycles. The molecule has 126 valence electrons. The van der Waals surface area contributed by atoms with Gasteiger partial charge in [-0.15, -0.1) is 0 Å². The van der Waals surface area contributed by atoms with Crippen molar-refractivity contribution < 1.29 is 4.79 Å². The van der Waals surface area contributed by atoms with Crippen LogP contribution in [-0.2, 0) is 11.3 Å². The zero-order valence-electron chi connectivity index (χ0n) is 13.6. The average Bonchev–Trinajstić information content (AvgIpc) is 2.83. The van der Waals surface area contributed by atoms with E-state index in [9.17, 15) is 4.79 Å². The van der Waals surface area contributed by atoms with Crippen LogP contribution in [0.15, 0.2) is 48.7 Å². The fourth-order valence-corrected chi connectivity index (χ4v) is 3.30. The number of carbonyl (C=O) groups excluding carboxylic acids is 1. The molecule has 2 heterocycles. The molecule has 1 aliphatic rings. The quantitative estimate of drug-likeness (QED) is 0.854. The Morgan fingerprint density at radius 2 is 2.00 bits per heavy atom. The number of halogens is 1. The number of likely N-dealkylation sites (tertiary alicyclic amines) is 1. The van der Waals surface area contributed by atoms with Gasteiger partial charge in [0.05, 0.1) is 5.69 Å². The van der Waals surface area contributed by atoms with Crippen molar-refractivity contribution in [2.75, 3.05) is 18.4 Å². The van der Waals surface area contributed by atoms with E-state index < -0.39 is 0 Å². The lowest BCUT2D eigenvalue weighted by Crippen LogP contribution is -2.26. The summed E-state index contributed by atoms with van der Waals surface area (Å²) in [5.41, 5.74) is 1.91. The lowest BCUT2D eigenvalue weighted by molar-refractivity contribution is -0.120. The standard InChI is InChI=1S/C19H22ClN3O/c20-18-17(9-4-11-21-18)22-19(24)16-8-5-12-23(13-10-16)14-15-6-2-1-3-7-15/h1-4,6-7,9,11,16H,5,8,10,12-14H2,(H,22,24). The van der Waals surface area contributed by atoms with E-state index >= 15 is 0 Å². The summed E-state index contributed by atoms with van der Waals surface area (Å²) in [6, 6.07) is 14.0. The molecule has 24 heavy (non-hydrogen) atoms. The normalized spacial score (nSPS) is 18.8. The van der Waals surface area contributed by atoms with E-state index in [0.29, 0.717) is 10.8 Å². The topological polar surface area (TPSA) is 45.2 Å². The summed E-state index contributed by atoms with van der Waals surface area (Å²) in [4.78, 5) is 18.9. The van der Waals surface area contributed by atoms with Gasteiger partial charge < -0.3 is 5.32 Å². The van der Waals surface area contributed by atoms with Gasteiger partial charge in [-0.3, -0.25) is 9.69 Å². The first-order valence-electron chi connectivity index (χ1n) is 8.40. The fraction of sp³-hybridized carbons (Fsp3) is 0.368. The molecule has 1 aromatic heterocycles. The number of aromatic nitrogens is 1. The van der Waals surface area contributed by atoms with E-state index in [4.69, 9.17) is 11.6 Å². The summed E-state index contributed by atoms with van der Waals surface area (Å²) in [7, 11) is 0. The van der Waals surface area contributed by atoms with E-state index in [0.717, 1.165) is 38.9 Å². The van der Waals surface area contributed by atoms with E-state index in [1.807, 2.05) is 6.07 Å². The molecule has 5 heteroatoms. The number of anilines is 1. The second kappa shape index (κ2) is 8.27. The molecule has 1 saturated heterocycles. The van der Waals surface area contributed by atoms with Gasteiger partial charge in [0.1, 0.15) is 0 Å². The van der Waals surface area contributed by atoms with Crippen molar-refractivity contribution in [3.05, 3.63) is 59.4 Å². The van der Waals surface area contributed by atoms with Crippen LogP contribution in [-0.4, -0.2) is 28.9 Å². The lowest BCUT2D eigenvalue weighted by atomic mass is 10.00. The van der Waals surface area contributed by atoms with Crippen molar-refractivity contribution in [1.29, 1.82) is 0 Å². The molecule has 2 aromatic rings. The highest BCUT2D eigenvalue weighted by Crippen LogP contribution is 2.23. The van der Waals surface area contributed by atoms with Crippen LogP contribution in [0.3, 0.4) is 0 Å². The molecule has 0 saturated carbocycles. The molecule has 1 aliphatic heterocycles. The van der Waals surface area contributed by atoms with Gasteiger partial charge in [-0.2, -0.15) is 0 Å². The van der Waals surface area contributed by atoms with Gasteiger partial charge in [0.2, 0.25) is 5.91 Å². The molecule has 0 spiro atoms. The summed E-state index contributed by atoms with van der Waals surface area (Å²) in [6.45, 7) is 2.92. The number of nitrogens with zero attached hydrogens (tertiary/aromatic N) is 2. The Bertz CT molecular complexity index is 677. The van der Waals surface area contributed by atoms with Crippen molar-refractivity contribution in [3.8, 4) is 0 Å². The third kappa shape index (κ3) is 4.56. The maximum atomic E-state index is 12.5. The van der Waals surface area contributed by atoms with Gasteiger partial charge in [-0.1, -0.05) is 41.9 Å². The van der Waals surface area contributed by atoms with E-state index in [1.54, 1.807) is 18.3 Å². The zero-order chi connectivity index (χ0) is 16.8. The summed E-state index contributed by atoms with van der Waals surface area (Å²) in [6.07, 6.45) is 4.43. The number of nitrogens with one attached hydrogen (secondary N) is 1. The summed E-state index contributed by atoms with van der Waals surface area (Å²) < 4.78 is 0. The number of amides is 1. The van der Waals surface area contributed by atoms with Crippen LogP contribution < -0.4 is 5.32 Å². The van der Waals surface area contributed by atoms with E-state index in [1.165, 1.54) is 5.56 Å². The van der Waals surface area contributed by atoms with Crippen molar-refractivity contribution in [2.24, 2.45) is 5.92 Å². The van der Waals surface area contributed by atoms with Crippen LogP contribution in [0.5, 0.6) is 0 Å². The molecule has 1 atom stereocenters. The maximum Gasteiger partial charge on any atom is 0.227 e. The number of pyridine rings is 1. The van der Waals surface area contributed by atoms with Crippen LogP contribution in [0, 0.1) is 5.92 Å². The average molecular weight is 344 g/mol. The highest BCUT2D eigenvalue weighted by Gasteiger charge is 2.23. The third-order valence-electron chi connectivity index (χ3n) is 4.46. The van der Waals surface area contributed by atoms with Gasteiger partial charge in [0.25, 0.3) is 0 Å². The molecule has 1 fully saturated rings. The summed E-state index contributed by atoms with van der Waals surface area (Å²) in [5, 5.41) is 3.26. The third-order valence-corrected chi connectivity index (χ3v) is 4.76. The van der Waals surface area contributed by atoms with Crippen molar-refractivity contribution in [2.45, 2.75) is 25.8 Å². The first kappa shape index (κ1) is 16.9. The SMILES string of the molecule is O=C(Nc1cccnc1Cl)C1CCCN(Cc2ccccc2)CC1. The minimum absolute atomic E-state index is 0.0297. The Kier molecular flexibility index (Phi) is 5.83. The molecule has 1 amide bonds. The Morgan fingerprint density at radius 1 is 1.17 bits per heavy atom. The summed E-state index contributed by atoms with van der Waals surface area (Å²) >= 11 is 6.02. The maximum absolute atomic E-state index is 12.5. The van der Waals surface area contributed by atoms with E-state index in [2.05, 4.69) is 39.5 Å². The lowest BCUT2D eigenvalue weighted by Gasteiger charge is -2.20. The largest absolute Gasteiger partial charge is 0.323 e. The minimum atomic E-state index is 0.0297. The fourth-order valence-electron chi connectivity index (χ4n) is 3.13. The smallest absolute Gasteiger partial charge is 0.227 e. The Balaban J connectivity index is 1.55. The molecule has 1 aromatic carbocycles. The molecule has 4 nitrogen and oxygen atoms in total. The predicted molar refractivity (Wildman–Crippen MR) is 96.9 cm³/mol. The number of hydrogen-bond acceptors (Lipinski definition) is 3. The molecule has 1 unspecified atom stereocenters.